The first-order chi connectivity index (χ1) is 14.7. The maximum Gasteiger partial charge on any atom is 0.224 e. The van der Waals surface area contributed by atoms with Crippen molar-refractivity contribution in [2.24, 2.45) is 0 Å². The van der Waals surface area contributed by atoms with Crippen LogP contribution in [0.4, 0.5) is 0 Å². The zero-order valence-electron chi connectivity index (χ0n) is 17.7. The molecule has 0 bridgehead atoms. The summed E-state index contributed by atoms with van der Waals surface area (Å²) in [5, 5.41) is 0.969. The molecule has 1 atom stereocenters. The Balaban J connectivity index is 1.42. The van der Waals surface area contributed by atoms with Crippen molar-refractivity contribution in [2.45, 2.75) is 24.8 Å². The average Bonchev–Trinajstić information content (AvgIpc) is 2.80. The van der Waals surface area contributed by atoms with Gasteiger partial charge in [-0.15, -0.1) is 0 Å². The molecule has 1 fully saturated rings. The Morgan fingerprint density at radius 3 is 2.43 bits per heavy atom. The van der Waals surface area contributed by atoms with Crippen molar-refractivity contribution in [3.8, 4) is 11.6 Å². The highest BCUT2D eigenvalue weighted by molar-refractivity contribution is 7.97. The number of nitrogens with zero attached hydrogens (tertiary/aromatic N) is 4. The fourth-order valence-electron chi connectivity index (χ4n) is 3.63. The van der Waals surface area contributed by atoms with Crippen LogP contribution >= 0.6 is 11.9 Å². The molecule has 0 spiro atoms. The SMILES string of the molecule is CCOc1nc(C(C)N2CCN(Sc3ccc(OC)cc3)CC2)nc2ccccc12. The van der Waals surface area contributed by atoms with Crippen LogP contribution in [0.3, 0.4) is 0 Å². The van der Waals surface area contributed by atoms with Crippen LogP contribution in [0.1, 0.15) is 25.7 Å². The topological polar surface area (TPSA) is 50.7 Å². The van der Waals surface area contributed by atoms with Crippen LogP contribution < -0.4 is 9.47 Å². The summed E-state index contributed by atoms with van der Waals surface area (Å²) in [5.74, 6) is 2.40. The normalized spacial score (nSPS) is 16.5. The lowest BCUT2D eigenvalue weighted by Gasteiger charge is -2.36. The summed E-state index contributed by atoms with van der Waals surface area (Å²) >= 11 is 1.80. The Labute approximate surface area is 182 Å². The lowest BCUT2D eigenvalue weighted by Crippen LogP contribution is -2.44. The van der Waals surface area contributed by atoms with Gasteiger partial charge < -0.3 is 9.47 Å². The Morgan fingerprint density at radius 2 is 1.73 bits per heavy atom. The number of ether oxygens (including phenoxy) is 2. The number of rotatable bonds is 7. The Hall–Kier alpha value is -2.35. The van der Waals surface area contributed by atoms with Gasteiger partial charge in [0.1, 0.15) is 11.6 Å². The van der Waals surface area contributed by atoms with E-state index >= 15 is 0 Å². The third-order valence-electron chi connectivity index (χ3n) is 5.36. The fraction of sp³-hybridized carbons (Fsp3) is 0.391. The van der Waals surface area contributed by atoms with Gasteiger partial charge in [0, 0.05) is 31.1 Å². The molecular weight excluding hydrogens is 396 g/mol. The molecule has 0 N–H and O–H groups in total. The van der Waals surface area contributed by atoms with Gasteiger partial charge in [-0.3, -0.25) is 4.90 Å². The van der Waals surface area contributed by atoms with Crippen molar-refractivity contribution in [2.75, 3.05) is 39.9 Å². The van der Waals surface area contributed by atoms with Crippen molar-refractivity contribution in [3.63, 3.8) is 0 Å². The van der Waals surface area contributed by atoms with E-state index in [0.29, 0.717) is 12.5 Å². The van der Waals surface area contributed by atoms with Crippen molar-refractivity contribution in [3.05, 3.63) is 54.4 Å². The molecule has 0 amide bonds. The molecule has 158 valence electrons. The highest BCUT2D eigenvalue weighted by Crippen LogP contribution is 2.29. The van der Waals surface area contributed by atoms with Crippen LogP contribution in [0.5, 0.6) is 11.6 Å². The first-order valence-corrected chi connectivity index (χ1v) is 11.2. The molecule has 0 aliphatic carbocycles. The van der Waals surface area contributed by atoms with Crippen LogP contribution in [-0.2, 0) is 0 Å². The van der Waals surface area contributed by atoms with Gasteiger partial charge in [-0.25, -0.2) is 9.29 Å². The molecule has 7 heteroatoms. The predicted molar refractivity (Wildman–Crippen MR) is 121 cm³/mol. The highest BCUT2D eigenvalue weighted by Gasteiger charge is 2.25. The first-order valence-electron chi connectivity index (χ1n) is 10.4. The molecule has 0 saturated carbocycles. The second-order valence-electron chi connectivity index (χ2n) is 7.24. The molecule has 1 saturated heterocycles. The van der Waals surface area contributed by atoms with Crippen molar-refractivity contribution < 1.29 is 9.47 Å². The van der Waals surface area contributed by atoms with Crippen LogP contribution in [-0.4, -0.2) is 59.1 Å². The van der Waals surface area contributed by atoms with E-state index in [9.17, 15) is 0 Å². The van der Waals surface area contributed by atoms with Crippen LogP contribution in [0.2, 0.25) is 0 Å². The summed E-state index contributed by atoms with van der Waals surface area (Å²) in [6.45, 7) is 8.71. The van der Waals surface area contributed by atoms with Crippen LogP contribution in [0, 0.1) is 0 Å². The quantitative estimate of drug-likeness (QED) is 0.520. The number of aromatic nitrogens is 2. The van der Waals surface area contributed by atoms with Crippen molar-refractivity contribution >= 4 is 22.9 Å². The molecule has 0 radical (unpaired) electrons. The summed E-state index contributed by atoms with van der Waals surface area (Å²) in [6, 6.07) is 16.4. The van der Waals surface area contributed by atoms with E-state index in [1.54, 1.807) is 19.1 Å². The second kappa shape index (κ2) is 9.64. The van der Waals surface area contributed by atoms with Gasteiger partial charge in [-0.2, -0.15) is 4.98 Å². The van der Waals surface area contributed by atoms with Crippen molar-refractivity contribution in [1.29, 1.82) is 0 Å². The van der Waals surface area contributed by atoms with Crippen LogP contribution in [0.15, 0.2) is 53.4 Å². The summed E-state index contributed by atoms with van der Waals surface area (Å²) in [4.78, 5) is 13.3. The number of piperazine rings is 1. The van der Waals surface area contributed by atoms with Gasteiger partial charge in [-0.05, 0) is 62.2 Å². The van der Waals surface area contributed by atoms with Gasteiger partial charge in [0.05, 0.1) is 30.7 Å². The summed E-state index contributed by atoms with van der Waals surface area (Å²) in [7, 11) is 1.69. The lowest BCUT2D eigenvalue weighted by molar-refractivity contribution is 0.146. The minimum Gasteiger partial charge on any atom is -0.497 e. The second-order valence-corrected chi connectivity index (χ2v) is 8.42. The highest BCUT2D eigenvalue weighted by atomic mass is 32.2. The number of fused-ring (bicyclic) bond motifs is 1. The van der Waals surface area contributed by atoms with Gasteiger partial charge in [0.25, 0.3) is 0 Å². The van der Waals surface area contributed by atoms with E-state index < -0.39 is 0 Å². The first kappa shape index (κ1) is 20.9. The van der Waals surface area contributed by atoms with E-state index in [2.05, 4.69) is 28.3 Å². The van der Waals surface area contributed by atoms with E-state index in [1.165, 1.54) is 4.90 Å². The number of hydrogen-bond acceptors (Lipinski definition) is 7. The van der Waals surface area contributed by atoms with Crippen LogP contribution in [0.25, 0.3) is 10.9 Å². The molecule has 4 rings (SSSR count). The average molecular weight is 425 g/mol. The van der Waals surface area contributed by atoms with Gasteiger partial charge >= 0.3 is 0 Å². The van der Waals surface area contributed by atoms with Crippen molar-refractivity contribution in [1.82, 2.24) is 19.2 Å². The third-order valence-corrected chi connectivity index (χ3v) is 6.46. The Kier molecular flexibility index (Phi) is 6.72. The number of para-hydroxylation sites is 1. The zero-order chi connectivity index (χ0) is 20.9. The smallest absolute Gasteiger partial charge is 0.224 e. The number of hydrogen-bond donors (Lipinski definition) is 0. The summed E-state index contributed by atoms with van der Waals surface area (Å²) in [6.07, 6.45) is 0. The summed E-state index contributed by atoms with van der Waals surface area (Å²) < 4.78 is 13.5. The Morgan fingerprint density at radius 1 is 1.00 bits per heavy atom. The molecule has 3 aromatic rings. The minimum atomic E-state index is 0.141. The Bertz CT molecular complexity index is 975. The maximum atomic E-state index is 5.81. The molecule has 1 aliphatic heterocycles. The predicted octanol–water partition coefficient (Wildman–Crippen LogP) is 4.42. The van der Waals surface area contributed by atoms with E-state index in [4.69, 9.17) is 19.4 Å². The van der Waals surface area contributed by atoms with E-state index in [-0.39, 0.29) is 6.04 Å². The van der Waals surface area contributed by atoms with Gasteiger partial charge in [0.15, 0.2) is 0 Å². The maximum absolute atomic E-state index is 5.81. The fourth-order valence-corrected chi connectivity index (χ4v) is 4.53. The molecular formula is C23H28N4O2S. The molecule has 1 aliphatic rings. The summed E-state index contributed by atoms with van der Waals surface area (Å²) in [5.41, 5.74) is 0.937. The van der Waals surface area contributed by atoms with Gasteiger partial charge in [0.2, 0.25) is 5.88 Å². The van der Waals surface area contributed by atoms with E-state index in [0.717, 1.165) is 48.7 Å². The largest absolute Gasteiger partial charge is 0.497 e. The third kappa shape index (κ3) is 4.69. The molecule has 1 aromatic heterocycles. The molecule has 2 heterocycles. The van der Waals surface area contributed by atoms with E-state index in [1.807, 2.05) is 43.3 Å². The molecule has 6 nitrogen and oxygen atoms in total. The van der Waals surface area contributed by atoms with Gasteiger partial charge in [-0.1, -0.05) is 12.1 Å². The monoisotopic (exact) mass is 424 g/mol. The molecule has 2 aromatic carbocycles. The minimum absolute atomic E-state index is 0.141. The lowest BCUT2D eigenvalue weighted by atomic mass is 10.2. The molecule has 30 heavy (non-hydrogen) atoms. The zero-order valence-corrected chi connectivity index (χ0v) is 18.6. The number of methoxy groups -OCH3 is 1. The number of benzene rings is 2. The standard InChI is InChI=1S/C23H28N4O2S/c1-4-29-23-20-7-5-6-8-21(20)24-22(25-23)17(2)26-13-15-27(16-14-26)30-19-11-9-18(28-3)10-12-19/h5-12,17H,4,13-16H2,1-3H3. The molecule has 1 unspecified atom stereocenters.